The summed E-state index contributed by atoms with van der Waals surface area (Å²) in [6, 6.07) is 25.1. The molecule has 218 valence electrons. The third kappa shape index (κ3) is 5.42. The van der Waals surface area contributed by atoms with Gasteiger partial charge in [0.05, 0.1) is 24.8 Å². The minimum absolute atomic E-state index is 0.0774. The highest BCUT2D eigenvalue weighted by Gasteiger charge is 2.54. The molecule has 0 aliphatic carbocycles. The number of para-hydroxylation sites is 2. The molecule has 1 fully saturated rings. The summed E-state index contributed by atoms with van der Waals surface area (Å²) in [5.74, 6) is -0.0774. The van der Waals surface area contributed by atoms with Crippen LogP contribution < -0.4 is 10.6 Å². The number of hydrogen-bond donors (Lipinski definition) is 2. The number of benzene rings is 3. The zero-order valence-corrected chi connectivity index (χ0v) is 24.9. The topological polar surface area (TPSA) is 62.8 Å². The van der Waals surface area contributed by atoms with E-state index in [4.69, 9.17) is 9.47 Å². The van der Waals surface area contributed by atoms with Crippen LogP contribution in [0.2, 0.25) is 0 Å². The highest BCUT2D eigenvalue weighted by atomic mass is 16.5. The number of nitrogens with zero attached hydrogens (tertiary/aromatic N) is 1. The quantitative estimate of drug-likeness (QED) is 0.272. The van der Waals surface area contributed by atoms with Gasteiger partial charge in [-0.3, -0.25) is 9.69 Å². The maximum absolute atomic E-state index is 14.0. The van der Waals surface area contributed by atoms with Crippen LogP contribution in [-0.4, -0.2) is 48.8 Å². The molecule has 3 aromatic rings. The van der Waals surface area contributed by atoms with Gasteiger partial charge in [0.25, 0.3) is 5.91 Å². The molecule has 3 aliphatic heterocycles. The second-order valence-electron chi connectivity index (χ2n) is 11.4. The Hall–Kier alpha value is -3.71. The summed E-state index contributed by atoms with van der Waals surface area (Å²) in [5.41, 5.74) is 7.51. The fraction of sp³-hybridized carbons (Fsp3) is 0.361. The summed E-state index contributed by atoms with van der Waals surface area (Å²) in [7, 11) is 0. The van der Waals surface area contributed by atoms with Gasteiger partial charge in [-0.1, -0.05) is 80.6 Å². The fourth-order valence-electron chi connectivity index (χ4n) is 6.65. The Balaban J connectivity index is 1.35. The van der Waals surface area contributed by atoms with Gasteiger partial charge in [0.2, 0.25) is 0 Å². The van der Waals surface area contributed by atoms with Gasteiger partial charge >= 0.3 is 0 Å². The van der Waals surface area contributed by atoms with Gasteiger partial charge in [-0.25, -0.2) is 0 Å². The Kier molecular flexibility index (Phi) is 8.29. The summed E-state index contributed by atoms with van der Waals surface area (Å²) in [6.45, 7) is 10.7. The Labute approximate surface area is 249 Å². The molecule has 6 rings (SSSR count). The smallest absolute Gasteiger partial charge is 0.254 e. The first-order valence-electron chi connectivity index (χ1n) is 15.2. The van der Waals surface area contributed by atoms with E-state index < -0.39 is 5.60 Å². The second kappa shape index (κ2) is 12.3. The summed E-state index contributed by atoms with van der Waals surface area (Å²) in [4.78, 5) is 16.4. The average molecular weight is 564 g/mol. The van der Waals surface area contributed by atoms with Crippen molar-refractivity contribution in [2.24, 2.45) is 0 Å². The number of carbonyl (C=O) groups is 1. The molecule has 2 N–H and O–H groups in total. The normalized spacial score (nSPS) is 22.4. The lowest BCUT2D eigenvalue weighted by Crippen LogP contribution is -2.40. The molecule has 3 aliphatic rings. The first kappa shape index (κ1) is 28.4. The number of amides is 1. The molecule has 3 heterocycles. The van der Waals surface area contributed by atoms with Gasteiger partial charge in [0, 0.05) is 31.0 Å². The number of rotatable bonds is 10. The number of fused-ring (bicyclic) bond motifs is 2. The van der Waals surface area contributed by atoms with Crippen molar-refractivity contribution in [3.05, 3.63) is 118 Å². The summed E-state index contributed by atoms with van der Waals surface area (Å²) < 4.78 is 12.4. The molecule has 3 atom stereocenters. The van der Waals surface area contributed by atoms with E-state index in [1.54, 1.807) is 0 Å². The lowest BCUT2D eigenvalue weighted by molar-refractivity contribution is -0.113. The molecule has 0 aromatic heterocycles. The van der Waals surface area contributed by atoms with Crippen LogP contribution in [0.1, 0.15) is 48.6 Å². The third-order valence-electron chi connectivity index (χ3n) is 8.84. The lowest BCUT2D eigenvalue weighted by Gasteiger charge is -2.37. The van der Waals surface area contributed by atoms with Crippen molar-refractivity contribution in [3.63, 3.8) is 0 Å². The largest absolute Gasteiger partial charge is 0.379 e. The van der Waals surface area contributed by atoms with Crippen molar-refractivity contribution in [1.82, 2.24) is 4.90 Å². The molecule has 0 radical (unpaired) electrons. The Morgan fingerprint density at radius 2 is 1.74 bits per heavy atom. The van der Waals surface area contributed by atoms with E-state index in [9.17, 15) is 4.79 Å². The maximum Gasteiger partial charge on any atom is 0.254 e. The molecule has 1 saturated heterocycles. The van der Waals surface area contributed by atoms with Crippen molar-refractivity contribution in [1.29, 1.82) is 0 Å². The first-order chi connectivity index (χ1) is 20.5. The van der Waals surface area contributed by atoms with Crippen molar-refractivity contribution in [3.8, 4) is 0 Å². The van der Waals surface area contributed by atoms with E-state index in [-0.39, 0.29) is 18.1 Å². The summed E-state index contributed by atoms with van der Waals surface area (Å²) in [5, 5.41) is 7.06. The summed E-state index contributed by atoms with van der Waals surface area (Å²) >= 11 is 0. The monoisotopic (exact) mass is 563 g/mol. The number of hydrogen-bond acceptors (Lipinski definition) is 5. The van der Waals surface area contributed by atoms with Crippen LogP contribution in [0.15, 0.2) is 96.1 Å². The molecule has 42 heavy (non-hydrogen) atoms. The number of carbonyl (C=O) groups excluding carboxylic acids is 1. The predicted molar refractivity (Wildman–Crippen MR) is 169 cm³/mol. The molecule has 0 saturated carbocycles. The number of nitrogens with one attached hydrogen (secondary N) is 2. The van der Waals surface area contributed by atoms with E-state index in [2.05, 4.69) is 84.0 Å². The fourth-order valence-corrected chi connectivity index (χ4v) is 6.65. The van der Waals surface area contributed by atoms with Crippen LogP contribution in [0.3, 0.4) is 0 Å². The van der Waals surface area contributed by atoms with Crippen LogP contribution in [0, 0.1) is 6.92 Å². The number of anilines is 2. The average Bonchev–Trinajstić information content (AvgIpc) is 3.60. The number of morpholine rings is 1. The van der Waals surface area contributed by atoms with Crippen LogP contribution in [-0.2, 0) is 27.2 Å². The lowest BCUT2D eigenvalue weighted by atomic mass is 9.77. The second-order valence-corrected chi connectivity index (χ2v) is 11.4. The van der Waals surface area contributed by atoms with Gasteiger partial charge in [-0.15, -0.1) is 0 Å². The molecule has 6 nitrogen and oxygen atoms in total. The Morgan fingerprint density at radius 1 is 0.976 bits per heavy atom. The van der Waals surface area contributed by atoms with Gasteiger partial charge < -0.3 is 20.1 Å². The molecular formula is C36H41N3O3. The Morgan fingerprint density at radius 3 is 2.45 bits per heavy atom. The van der Waals surface area contributed by atoms with E-state index in [1.807, 2.05) is 37.3 Å². The number of ether oxygens (including phenoxy) is 2. The van der Waals surface area contributed by atoms with Gasteiger partial charge in [-0.05, 0) is 65.8 Å². The van der Waals surface area contributed by atoms with Crippen molar-refractivity contribution >= 4 is 17.3 Å². The minimum atomic E-state index is -0.771. The molecular weight excluding hydrogens is 522 g/mol. The molecule has 6 heteroatoms. The van der Waals surface area contributed by atoms with Gasteiger partial charge in [0.15, 0.2) is 0 Å². The highest BCUT2D eigenvalue weighted by Crippen LogP contribution is 2.52. The van der Waals surface area contributed by atoms with Crippen LogP contribution in [0.4, 0.5) is 11.4 Å². The van der Waals surface area contributed by atoms with E-state index in [1.165, 1.54) is 5.56 Å². The number of aryl methyl sites for hydroxylation is 2. The zero-order valence-electron chi connectivity index (χ0n) is 24.9. The van der Waals surface area contributed by atoms with Crippen molar-refractivity contribution in [2.75, 3.05) is 36.9 Å². The van der Waals surface area contributed by atoms with Crippen molar-refractivity contribution in [2.45, 2.75) is 57.9 Å². The zero-order chi connectivity index (χ0) is 29.1. The van der Waals surface area contributed by atoms with Crippen LogP contribution >= 0.6 is 0 Å². The van der Waals surface area contributed by atoms with Gasteiger partial charge in [-0.2, -0.15) is 0 Å². The van der Waals surface area contributed by atoms with Crippen LogP contribution in [0.25, 0.3) is 0 Å². The van der Waals surface area contributed by atoms with E-state index in [0.29, 0.717) is 6.42 Å². The summed E-state index contributed by atoms with van der Waals surface area (Å²) in [6.07, 6.45) is 5.40. The van der Waals surface area contributed by atoms with Crippen molar-refractivity contribution < 1.29 is 14.3 Å². The molecule has 0 spiro atoms. The van der Waals surface area contributed by atoms with E-state index in [0.717, 1.165) is 78.5 Å². The predicted octanol–water partition coefficient (Wildman–Crippen LogP) is 6.60. The Bertz CT molecular complexity index is 1470. The third-order valence-corrected chi connectivity index (χ3v) is 8.84. The van der Waals surface area contributed by atoms with E-state index >= 15 is 0 Å². The molecule has 3 aromatic carbocycles. The SMILES string of the molecule is CCC1=C(C(=O)Nc2c(C)cccc2CC)C2C=CC1(C(Nc1ccccc1)c1ccc(CN3CCOCC3)cc1)O2. The standard InChI is InChI=1S/C36H41N3O3/c1-4-27-11-9-10-25(3)33(27)38-35(40)32-30(5-2)36(19-18-31(32)42-36)34(37-29-12-7-6-8-13-29)28-16-14-26(15-17-28)24-39-20-22-41-23-21-39/h6-19,31,34,37H,4-5,20-24H2,1-3H3,(H,38,40). The minimum Gasteiger partial charge on any atom is -0.379 e. The van der Waals surface area contributed by atoms with Gasteiger partial charge in [0.1, 0.15) is 11.7 Å². The molecule has 2 bridgehead atoms. The first-order valence-corrected chi connectivity index (χ1v) is 15.2. The maximum atomic E-state index is 14.0. The molecule has 3 unspecified atom stereocenters. The van der Waals surface area contributed by atoms with Crippen LogP contribution in [0.5, 0.6) is 0 Å². The highest BCUT2D eigenvalue weighted by molar-refractivity contribution is 6.07. The molecule has 1 amide bonds.